The third-order valence-electron chi connectivity index (χ3n) is 5.04. The number of benzene rings is 2. The maximum atomic E-state index is 13.2. The first-order valence-electron chi connectivity index (χ1n) is 10.5. The van der Waals surface area contributed by atoms with Crippen LogP contribution in [-0.4, -0.2) is 41.9 Å². The van der Waals surface area contributed by atoms with Gasteiger partial charge < -0.3 is 21.1 Å². The van der Waals surface area contributed by atoms with Crippen molar-refractivity contribution in [1.82, 2.24) is 5.32 Å². The van der Waals surface area contributed by atoms with Crippen LogP contribution in [0.3, 0.4) is 0 Å². The molecule has 2 amide bonds. The second kappa shape index (κ2) is 10.1. The fourth-order valence-electron chi connectivity index (χ4n) is 3.36. The summed E-state index contributed by atoms with van der Waals surface area (Å²) in [5.74, 6) is -1.36. The summed E-state index contributed by atoms with van der Waals surface area (Å²) in [6.45, 7) is 6.84. The minimum Gasteiger partial charge on any atom is -0.385 e. The lowest BCUT2D eigenvalue weighted by atomic mass is 9.90. The van der Waals surface area contributed by atoms with Gasteiger partial charge in [-0.05, 0) is 51.5 Å². The van der Waals surface area contributed by atoms with Crippen LogP contribution in [-0.2, 0) is 5.60 Å². The Morgan fingerprint density at radius 2 is 1.54 bits per heavy atom. The Bertz CT molecular complexity index is 1080. The molecule has 12 heteroatoms. The molecular weight excluding hydrogens is 480 g/mol. The molecule has 0 heterocycles. The van der Waals surface area contributed by atoms with Crippen molar-refractivity contribution in [3.05, 3.63) is 58.7 Å². The first kappa shape index (κ1) is 28.0. The van der Waals surface area contributed by atoms with Crippen LogP contribution >= 0.6 is 0 Å². The maximum absolute atomic E-state index is 13.2. The Morgan fingerprint density at radius 3 is 2.03 bits per heavy atom. The van der Waals surface area contributed by atoms with Gasteiger partial charge in [0, 0.05) is 29.5 Å². The van der Waals surface area contributed by atoms with Crippen molar-refractivity contribution >= 4 is 23.2 Å². The number of anilines is 2. The van der Waals surface area contributed by atoms with E-state index in [9.17, 15) is 41.0 Å². The Morgan fingerprint density at radius 1 is 0.943 bits per heavy atom. The van der Waals surface area contributed by atoms with Gasteiger partial charge in [-0.3, -0.25) is 9.59 Å². The number of halogens is 6. The Balaban J connectivity index is 2.48. The summed E-state index contributed by atoms with van der Waals surface area (Å²) in [4.78, 5) is 25.8. The molecule has 0 fully saturated rings. The first-order valence-corrected chi connectivity index (χ1v) is 10.5. The van der Waals surface area contributed by atoms with Gasteiger partial charge in [-0.2, -0.15) is 26.3 Å². The molecule has 35 heavy (non-hydrogen) atoms. The predicted octanol–water partition coefficient (Wildman–Crippen LogP) is 5.13. The van der Waals surface area contributed by atoms with E-state index in [2.05, 4.69) is 16.0 Å². The minimum absolute atomic E-state index is 0.0262. The highest BCUT2D eigenvalue weighted by atomic mass is 19.4. The molecule has 6 nitrogen and oxygen atoms in total. The monoisotopic (exact) mass is 505 g/mol. The van der Waals surface area contributed by atoms with Gasteiger partial charge in [-0.25, -0.2) is 0 Å². The van der Waals surface area contributed by atoms with Crippen LogP contribution in [0.5, 0.6) is 0 Å². The number of alkyl halides is 6. The number of amides is 2. The summed E-state index contributed by atoms with van der Waals surface area (Å²) in [6.07, 6.45) is -12.1. The second-order valence-electron chi connectivity index (χ2n) is 8.08. The number of hydrogen-bond donors (Lipinski definition) is 4. The Hall–Kier alpha value is -3.28. The van der Waals surface area contributed by atoms with E-state index in [0.29, 0.717) is 24.4 Å². The molecule has 2 aromatic rings. The molecule has 0 aliphatic carbocycles. The van der Waals surface area contributed by atoms with Crippen LogP contribution in [0.1, 0.15) is 52.6 Å². The normalized spacial score (nSPS) is 12.5. The standard InChI is InChI=1S/C23H25F6N3O3/c1-5-30-17-8-6-7-15(18(17)20(34)31-12(2)3)19(33)32-16-10-9-14(11-13(16)4)21(35,22(24,25)26)23(27,28)29/h6-12,30,35H,5H2,1-4H3,(H,31,34)(H,32,33). The summed E-state index contributed by atoms with van der Waals surface area (Å²) in [5, 5.41) is 17.7. The lowest BCUT2D eigenvalue weighted by Gasteiger charge is -2.33. The summed E-state index contributed by atoms with van der Waals surface area (Å²) in [5.41, 5.74) is -6.47. The largest absolute Gasteiger partial charge is 0.430 e. The van der Waals surface area contributed by atoms with E-state index in [1.54, 1.807) is 26.8 Å². The second-order valence-corrected chi connectivity index (χ2v) is 8.08. The minimum atomic E-state index is -6.03. The molecule has 0 radical (unpaired) electrons. The lowest BCUT2D eigenvalue weighted by Crippen LogP contribution is -2.53. The average molecular weight is 505 g/mol. The number of nitrogens with one attached hydrogen (secondary N) is 3. The molecule has 0 saturated carbocycles. The molecule has 0 aromatic heterocycles. The molecule has 0 unspecified atom stereocenters. The quantitative estimate of drug-likeness (QED) is 0.393. The van der Waals surface area contributed by atoms with Crippen LogP contribution < -0.4 is 16.0 Å². The van der Waals surface area contributed by atoms with Gasteiger partial charge in [0.05, 0.1) is 11.1 Å². The maximum Gasteiger partial charge on any atom is 0.430 e. The highest BCUT2D eigenvalue weighted by Crippen LogP contribution is 2.50. The topological polar surface area (TPSA) is 90.5 Å². The molecule has 2 rings (SSSR count). The average Bonchev–Trinajstić information content (AvgIpc) is 2.72. The predicted molar refractivity (Wildman–Crippen MR) is 118 cm³/mol. The highest BCUT2D eigenvalue weighted by molar-refractivity contribution is 6.14. The van der Waals surface area contributed by atoms with Crippen molar-refractivity contribution in [2.75, 3.05) is 17.2 Å². The SMILES string of the molecule is CCNc1cccc(C(=O)Nc2ccc(C(O)(C(F)(F)F)C(F)(F)F)cc2C)c1C(=O)NC(C)C. The van der Waals surface area contributed by atoms with E-state index in [0.717, 1.165) is 6.07 Å². The number of carbonyl (C=O) groups is 2. The molecule has 0 bridgehead atoms. The zero-order chi connectivity index (χ0) is 26.8. The third kappa shape index (κ3) is 5.69. The van der Waals surface area contributed by atoms with Gasteiger partial charge in [0.1, 0.15) is 0 Å². The molecule has 0 aliphatic rings. The molecule has 192 valence electrons. The van der Waals surface area contributed by atoms with Crippen LogP contribution in [0.15, 0.2) is 36.4 Å². The van der Waals surface area contributed by atoms with Gasteiger partial charge >= 0.3 is 12.4 Å². The number of aliphatic hydroxyl groups is 1. The van der Waals surface area contributed by atoms with Crippen LogP contribution in [0.4, 0.5) is 37.7 Å². The Labute approximate surface area is 197 Å². The third-order valence-corrected chi connectivity index (χ3v) is 5.04. The molecule has 0 aliphatic heterocycles. The molecule has 2 aromatic carbocycles. The molecule has 0 atom stereocenters. The lowest BCUT2D eigenvalue weighted by molar-refractivity contribution is -0.376. The van der Waals surface area contributed by atoms with Crippen LogP contribution in [0.25, 0.3) is 0 Å². The highest BCUT2D eigenvalue weighted by Gasteiger charge is 2.71. The van der Waals surface area contributed by atoms with E-state index in [1.165, 1.54) is 19.1 Å². The van der Waals surface area contributed by atoms with Gasteiger partial charge in [0.2, 0.25) is 0 Å². The summed E-state index contributed by atoms with van der Waals surface area (Å²) in [6, 6.07) is 5.98. The summed E-state index contributed by atoms with van der Waals surface area (Å²) >= 11 is 0. The number of aryl methyl sites for hydroxylation is 1. The molecule has 0 spiro atoms. The smallest absolute Gasteiger partial charge is 0.385 e. The fraction of sp³-hybridized carbons (Fsp3) is 0.391. The van der Waals surface area contributed by atoms with Crippen molar-refractivity contribution in [2.24, 2.45) is 0 Å². The van der Waals surface area contributed by atoms with Crippen LogP contribution in [0, 0.1) is 6.92 Å². The molecular formula is C23H25F6N3O3. The zero-order valence-corrected chi connectivity index (χ0v) is 19.3. The van der Waals surface area contributed by atoms with E-state index in [1.807, 2.05) is 0 Å². The molecule has 0 saturated heterocycles. The zero-order valence-electron chi connectivity index (χ0n) is 19.3. The van der Waals surface area contributed by atoms with E-state index >= 15 is 0 Å². The van der Waals surface area contributed by atoms with Crippen LogP contribution in [0.2, 0.25) is 0 Å². The van der Waals surface area contributed by atoms with Crippen molar-refractivity contribution < 1.29 is 41.0 Å². The number of rotatable bonds is 7. The van der Waals surface area contributed by atoms with Gasteiger partial charge in [0.25, 0.3) is 17.4 Å². The van der Waals surface area contributed by atoms with Gasteiger partial charge in [-0.1, -0.05) is 18.2 Å². The molecule has 4 N–H and O–H groups in total. The van der Waals surface area contributed by atoms with Crippen molar-refractivity contribution in [2.45, 2.75) is 51.7 Å². The van der Waals surface area contributed by atoms with Crippen molar-refractivity contribution in [1.29, 1.82) is 0 Å². The number of carbonyl (C=O) groups excluding carboxylic acids is 2. The number of hydrogen-bond acceptors (Lipinski definition) is 4. The first-order chi connectivity index (χ1) is 16.0. The Kier molecular flexibility index (Phi) is 8.10. The van der Waals surface area contributed by atoms with Crippen molar-refractivity contribution in [3.8, 4) is 0 Å². The fourth-order valence-corrected chi connectivity index (χ4v) is 3.36. The summed E-state index contributed by atoms with van der Waals surface area (Å²) < 4.78 is 79.1. The summed E-state index contributed by atoms with van der Waals surface area (Å²) in [7, 11) is 0. The van der Waals surface area contributed by atoms with E-state index in [4.69, 9.17) is 0 Å². The van der Waals surface area contributed by atoms with E-state index in [-0.39, 0.29) is 28.4 Å². The van der Waals surface area contributed by atoms with Gasteiger partial charge in [-0.15, -0.1) is 0 Å². The van der Waals surface area contributed by atoms with E-state index < -0.39 is 35.3 Å². The van der Waals surface area contributed by atoms with Crippen molar-refractivity contribution in [3.63, 3.8) is 0 Å². The van der Waals surface area contributed by atoms with Gasteiger partial charge in [0.15, 0.2) is 0 Å².